The van der Waals surface area contributed by atoms with Gasteiger partial charge >= 0.3 is 0 Å². The summed E-state index contributed by atoms with van der Waals surface area (Å²) in [6.07, 6.45) is 0. The quantitative estimate of drug-likeness (QED) is 0.401. The summed E-state index contributed by atoms with van der Waals surface area (Å²) < 4.78 is 30.4. The van der Waals surface area contributed by atoms with Crippen molar-refractivity contribution in [2.75, 3.05) is 14.2 Å². The zero-order valence-electron chi connectivity index (χ0n) is 16.8. The second-order valence-electron chi connectivity index (χ2n) is 6.48. The van der Waals surface area contributed by atoms with E-state index in [1.165, 1.54) is 17.7 Å². The standard InChI is InChI=1S/C23H23BrFNO3.ClH/c1-27-20-9-5-16(6-10-20)13-26-14-18-11-21(24)23(22(12-18)28-2)29-15-17-3-7-19(25)8-4-17;/h3-12,26H,13-15H2,1-2H3;1H. The Balaban J connectivity index is 0.00000320. The van der Waals surface area contributed by atoms with Crippen molar-refractivity contribution in [3.8, 4) is 17.2 Å². The van der Waals surface area contributed by atoms with Crippen molar-refractivity contribution in [1.82, 2.24) is 5.32 Å². The minimum Gasteiger partial charge on any atom is -0.497 e. The van der Waals surface area contributed by atoms with Crippen molar-refractivity contribution in [1.29, 1.82) is 0 Å². The van der Waals surface area contributed by atoms with Crippen molar-refractivity contribution in [3.63, 3.8) is 0 Å². The highest BCUT2D eigenvalue weighted by Gasteiger charge is 2.12. The molecular formula is C23H24BrClFNO3. The van der Waals surface area contributed by atoms with Crippen LogP contribution >= 0.6 is 28.3 Å². The highest BCUT2D eigenvalue weighted by Crippen LogP contribution is 2.37. The molecule has 0 radical (unpaired) electrons. The molecule has 4 nitrogen and oxygen atoms in total. The van der Waals surface area contributed by atoms with Crippen LogP contribution in [0.4, 0.5) is 4.39 Å². The van der Waals surface area contributed by atoms with Gasteiger partial charge in [-0.1, -0.05) is 24.3 Å². The number of benzene rings is 3. The van der Waals surface area contributed by atoms with Crippen LogP contribution in [0.5, 0.6) is 17.2 Å². The number of hydrogen-bond acceptors (Lipinski definition) is 4. The minimum atomic E-state index is -0.265. The van der Waals surface area contributed by atoms with E-state index in [1.54, 1.807) is 26.4 Å². The molecule has 1 N–H and O–H groups in total. The number of nitrogens with one attached hydrogen (secondary N) is 1. The number of ether oxygens (including phenoxy) is 3. The lowest BCUT2D eigenvalue weighted by Gasteiger charge is -2.15. The molecule has 7 heteroatoms. The number of halogens is 3. The Bertz CT molecular complexity index is 936. The fourth-order valence-electron chi connectivity index (χ4n) is 2.85. The minimum absolute atomic E-state index is 0. The SMILES string of the molecule is COc1ccc(CNCc2cc(Br)c(OCc3ccc(F)cc3)c(OC)c2)cc1.Cl. The number of hydrogen-bond donors (Lipinski definition) is 1. The second-order valence-corrected chi connectivity index (χ2v) is 7.33. The summed E-state index contributed by atoms with van der Waals surface area (Å²) in [7, 11) is 3.27. The molecule has 0 aliphatic heterocycles. The summed E-state index contributed by atoms with van der Waals surface area (Å²) in [5, 5.41) is 3.42. The Kier molecular flexibility index (Phi) is 9.43. The summed E-state index contributed by atoms with van der Waals surface area (Å²) in [4.78, 5) is 0. The first-order valence-corrected chi connectivity index (χ1v) is 9.95. The van der Waals surface area contributed by atoms with Crippen molar-refractivity contribution in [2.45, 2.75) is 19.7 Å². The van der Waals surface area contributed by atoms with Crippen LogP contribution in [0.2, 0.25) is 0 Å². The maximum atomic E-state index is 13.0. The molecule has 0 amide bonds. The lowest BCUT2D eigenvalue weighted by atomic mass is 10.1. The lowest BCUT2D eigenvalue weighted by molar-refractivity contribution is 0.282. The highest BCUT2D eigenvalue weighted by molar-refractivity contribution is 9.10. The predicted molar refractivity (Wildman–Crippen MR) is 122 cm³/mol. The molecule has 30 heavy (non-hydrogen) atoms. The smallest absolute Gasteiger partial charge is 0.175 e. The van der Waals surface area contributed by atoms with Crippen molar-refractivity contribution in [3.05, 3.63) is 87.6 Å². The zero-order valence-corrected chi connectivity index (χ0v) is 19.2. The van der Waals surface area contributed by atoms with Gasteiger partial charge in [-0.05, 0) is 69.0 Å². The van der Waals surface area contributed by atoms with E-state index in [0.29, 0.717) is 24.7 Å². The molecule has 3 aromatic rings. The van der Waals surface area contributed by atoms with E-state index in [1.807, 2.05) is 36.4 Å². The summed E-state index contributed by atoms with van der Waals surface area (Å²) in [6.45, 7) is 1.75. The zero-order chi connectivity index (χ0) is 20.6. The first kappa shape index (κ1) is 24.0. The van der Waals surface area contributed by atoms with Gasteiger partial charge in [0.1, 0.15) is 18.2 Å². The molecule has 3 aromatic carbocycles. The Morgan fingerprint density at radius 1 is 0.833 bits per heavy atom. The molecule has 0 aliphatic carbocycles. The molecule has 0 saturated carbocycles. The van der Waals surface area contributed by atoms with Crippen molar-refractivity contribution in [2.24, 2.45) is 0 Å². The first-order chi connectivity index (χ1) is 14.1. The Labute approximate surface area is 190 Å². The molecule has 0 heterocycles. The van der Waals surface area contributed by atoms with Gasteiger partial charge in [0, 0.05) is 13.1 Å². The van der Waals surface area contributed by atoms with Crippen molar-refractivity contribution >= 4 is 28.3 Å². The van der Waals surface area contributed by atoms with Gasteiger partial charge in [0.05, 0.1) is 18.7 Å². The summed E-state index contributed by atoms with van der Waals surface area (Å²) in [6, 6.07) is 18.2. The predicted octanol–water partition coefficient (Wildman–Crippen LogP) is 5.90. The van der Waals surface area contributed by atoms with Crippen molar-refractivity contribution < 1.29 is 18.6 Å². The summed E-state index contributed by atoms with van der Waals surface area (Å²) in [5.74, 6) is 1.84. The van der Waals surface area contributed by atoms with Gasteiger partial charge in [-0.25, -0.2) is 4.39 Å². The highest BCUT2D eigenvalue weighted by atomic mass is 79.9. The molecule has 0 bridgehead atoms. The van der Waals surface area contributed by atoms with Crippen LogP contribution in [0.3, 0.4) is 0 Å². The van der Waals surface area contributed by atoms with Crippen LogP contribution in [-0.2, 0) is 19.7 Å². The normalized spacial score (nSPS) is 10.3. The summed E-state index contributed by atoms with van der Waals surface area (Å²) in [5.41, 5.74) is 3.12. The first-order valence-electron chi connectivity index (χ1n) is 9.16. The molecular weight excluding hydrogens is 473 g/mol. The average molecular weight is 497 g/mol. The molecule has 0 aliphatic rings. The van der Waals surface area contributed by atoms with E-state index in [-0.39, 0.29) is 18.2 Å². The third-order valence-electron chi connectivity index (χ3n) is 4.40. The van der Waals surface area contributed by atoms with E-state index < -0.39 is 0 Å². The largest absolute Gasteiger partial charge is 0.497 e. The Morgan fingerprint density at radius 2 is 1.47 bits per heavy atom. The van der Waals surface area contributed by atoms with Crippen LogP contribution in [-0.4, -0.2) is 14.2 Å². The van der Waals surface area contributed by atoms with E-state index in [4.69, 9.17) is 14.2 Å². The molecule has 0 saturated heterocycles. The third-order valence-corrected chi connectivity index (χ3v) is 4.99. The monoisotopic (exact) mass is 495 g/mol. The third kappa shape index (κ3) is 6.62. The fourth-order valence-corrected chi connectivity index (χ4v) is 3.45. The maximum absolute atomic E-state index is 13.0. The van der Waals surface area contributed by atoms with Gasteiger partial charge in [0.15, 0.2) is 11.5 Å². The van der Waals surface area contributed by atoms with Gasteiger partial charge < -0.3 is 19.5 Å². The number of rotatable bonds is 9. The second kappa shape index (κ2) is 11.8. The van der Waals surface area contributed by atoms with Gasteiger partial charge in [0.25, 0.3) is 0 Å². The van der Waals surface area contributed by atoms with Gasteiger partial charge in [-0.2, -0.15) is 0 Å². The van der Waals surface area contributed by atoms with Crippen LogP contribution in [0.1, 0.15) is 16.7 Å². The van der Waals surface area contributed by atoms with E-state index in [9.17, 15) is 4.39 Å². The summed E-state index contributed by atoms with van der Waals surface area (Å²) >= 11 is 3.57. The van der Waals surface area contributed by atoms with E-state index >= 15 is 0 Å². The average Bonchev–Trinajstić information content (AvgIpc) is 2.74. The fraction of sp³-hybridized carbons (Fsp3) is 0.217. The van der Waals surface area contributed by atoms with Gasteiger partial charge in [0.2, 0.25) is 0 Å². The molecule has 0 unspecified atom stereocenters. The number of methoxy groups -OCH3 is 2. The Hall–Kier alpha value is -2.28. The molecule has 0 fully saturated rings. The topological polar surface area (TPSA) is 39.7 Å². The molecule has 0 spiro atoms. The molecule has 160 valence electrons. The Morgan fingerprint density at radius 3 is 2.10 bits per heavy atom. The van der Waals surface area contributed by atoms with Crippen LogP contribution in [0.25, 0.3) is 0 Å². The van der Waals surface area contributed by atoms with Crippen LogP contribution in [0, 0.1) is 5.82 Å². The molecule has 0 aromatic heterocycles. The maximum Gasteiger partial charge on any atom is 0.175 e. The van der Waals surface area contributed by atoms with Gasteiger partial charge in [-0.3, -0.25) is 0 Å². The van der Waals surface area contributed by atoms with Gasteiger partial charge in [-0.15, -0.1) is 12.4 Å². The lowest BCUT2D eigenvalue weighted by Crippen LogP contribution is -2.13. The molecule has 0 atom stereocenters. The van der Waals surface area contributed by atoms with E-state index in [0.717, 1.165) is 27.9 Å². The van der Waals surface area contributed by atoms with E-state index in [2.05, 4.69) is 21.2 Å². The molecule has 3 rings (SSSR count). The van der Waals surface area contributed by atoms with Crippen LogP contribution < -0.4 is 19.5 Å². The van der Waals surface area contributed by atoms with Crippen LogP contribution in [0.15, 0.2) is 65.1 Å².